The normalized spacial score (nSPS) is 11.2. The van der Waals surface area contributed by atoms with Crippen LogP contribution in [0.25, 0.3) is 11.5 Å². The standard InChI is InChI=1S/C18H16N4O7S2/c1-10(23)19-8-13-3-4-16(29-13)15-9-30-18(20-15)21-17(24)11-5-12(22(25)26)7-14(6-11)31(2,27)28/h3-7,9H,8H2,1-2H3,(H,19,23)(H,20,21,24). The van der Waals surface area contributed by atoms with E-state index in [1.165, 1.54) is 6.92 Å². The average Bonchev–Trinajstić information content (AvgIpc) is 3.34. The van der Waals surface area contributed by atoms with Gasteiger partial charge in [-0.25, -0.2) is 13.4 Å². The van der Waals surface area contributed by atoms with Crippen molar-refractivity contribution in [1.29, 1.82) is 0 Å². The van der Waals surface area contributed by atoms with E-state index in [0.29, 0.717) is 17.2 Å². The number of aromatic nitrogens is 1. The highest BCUT2D eigenvalue weighted by atomic mass is 32.2. The van der Waals surface area contributed by atoms with Gasteiger partial charge in [-0.15, -0.1) is 11.3 Å². The Kier molecular flexibility index (Phi) is 6.17. The topological polar surface area (TPSA) is 162 Å². The lowest BCUT2D eigenvalue weighted by molar-refractivity contribution is -0.385. The van der Waals surface area contributed by atoms with Crippen molar-refractivity contribution in [2.75, 3.05) is 11.6 Å². The Morgan fingerprint density at radius 1 is 1.26 bits per heavy atom. The second kappa shape index (κ2) is 8.65. The van der Waals surface area contributed by atoms with Gasteiger partial charge in [0.2, 0.25) is 5.91 Å². The van der Waals surface area contributed by atoms with Gasteiger partial charge in [0, 0.05) is 36.3 Å². The Labute approximate surface area is 180 Å². The van der Waals surface area contributed by atoms with Crippen LogP contribution in [0.3, 0.4) is 0 Å². The summed E-state index contributed by atoms with van der Waals surface area (Å²) in [5.74, 6) is -0.00224. The highest BCUT2D eigenvalue weighted by Crippen LogP contribution is 2.27. The molecule has 0 atom stereocenters. The van der Waals surface area contributed by atoms with E-state index < -0.39 is 26.4 Å². The molecule has 0 fully saturated rings. The summed E-state index contributed by atoms with van der Waals surface area (Å²) in [4.78, 5) is 37.7. The summed E-state index contributed by atoms with van der Waals surface area (Å²) in [6, 6.07) is 6.28. The predicted octanol–water partition coefficient (Wildman–Crippen LogP) is 2.60. The Morgan fingerprint density at radius 2 is 2.00 bits per heavy atom. The third-order valence-corrected chi connectivity index (χ3v) is 5.79. The molecule has 0 aliphatic heterocycles. The van der Waals surface area contributed by atoms with E-state index >= 15 is 0 Å². The number of hydrogen-bond donors (Lipinski definition) is 2. The minimum absolute atomic E-state index is 0.187. The Bertz CT molecular complexity index is 1280. The van der Waals surface area contributed by atoms with Gasteiger partial charge in [-0.05, 0) is 18.2 Å². The fraction of sp³-hybridized carbons (Fsp3) is 0.167. The number of benzene rings is 1. The number of amides is 2. The van der Waals surface area contributed by atoms with Crippen molar-refractivity contribution in [3.8, 4) is 11.5 Å². The van der Waals surface area contributed by atoms with Crippen molar-refractivity contribution in [2.24, 2.45) is 0 Å². The molecule has 0 unspecified atom stereocenters. The monoisotopic (exact) mass is 464 g/mol. The SMILES string of the molecule is CC(=O)NCc1ccc(-c2csc(NC(=O)c3cc([N+](=O)[O-])cc(S(C)(=O)=O)c3)n2)o1. The lowest BCUT2D eigenvalue weighted by Crippen LogP contribution is -2.18. The van der Waals surface area contributed by atoms with Gasteiger partial charge < -0.3 is 9.73 Å². The van der Waals surface area contributed by atoms with Crippen molar-refractivity contribution in [3.63, 3.8) is 0 Å². The Balaban J connectivity index is 1.79. The first-order chi connectivity index (χ1) is 14.5. The molecule has 0 aliphatic rings. The third kappa shape index (κ3) is 5.52. The second-order valence-electron chi connectivity index (χ2n) is 6.41. The van der Waals surface area contributed by atoms with Gasteiger partial charge in [-0.2, -0.15) is 0 Å². The van der Waals surface area contributed by atoms with Gasteiger partial charge in [0.05, 0.1) is 16.4 Å². The highest BCUT2D eigenvalue weighted by molar-refractivity contribution is 7.90. The zero-order valence-electron chi connectivity index (χ0n) is 16.2. The summed E-state index contributed by atoms with van der Waals surface area (Å²) in [5, 5.41) is 18.0. The molecule has 2 heterocycles. The molecule has 1 aromatic carbocycles. The number of carbonyl (C=O) groups excluding carboxylic acids is 2. The van der Waals surface area contributed by atoms with Crippen molar-refractivity contribution in [2.45, 2.75) is 18.4 Å². The van der Waals surface area contributed by atoms with E-state index in [4.69, 9.17) is 4.42 Å². The smallest absolute Gasteiger partial charge is 0.271 e. The van der Waals surface area contributed by atoms with Gasteiger partial charge >= 0.3 is 0 Å². The maximum absolute atomic E-state index is 12.5. The quantitative estimate of drug-likeness (QED) is 0.398. The van der Waals surface area contributed by atoms with Crippen molar-refractivity contribution in [1.82, 2.24) is 10.3 Å². The van der Waals surface area contributed by atoms with Gasteiger partial charge in [0.1, 0.15) is 11.5 Å². The van der Waals surface area contributed by atoms with E-state index in [2.05, 4.69) is 15.6 Å². The minimum Gasteiger partial charge on any atom is -0.458 e. The van der Waals surface area contributed by atoms with Crippen molar-refractivity contribution < 1.29 is 27.3 Å². The largest absolute Gasteiger partial charge is 0.458 e. The number of furan rings is 1. The summed E-state index contributed by atoms with van der Waals surface area (Å²) >= 11 is 1.09. The lowest BCUT2D eigenvalue weighted by Gasteiger charge is -2.05. The molecule has 0 bridgehead atoms. The summed E-state index contributed by atoms with van der Waals surface area (Å²) in [6.45, 7) is 1.61. The van der Waals surface area contributed by atoms with Crippen LogP contribution in [0.15, 0.2) is 45.0 Å². The number of nitrogens with one attached hydrogen (secondary N) is 2. The molecule has 31 heavy (non-hydrogen) atoms. The number of nitro groups is 1. The van der Waals surface area contributed by atoms with Crippen LogP contribution in [-0.4, -0.2) is 36.4 Å². The highest BCUT2D eigenvalue weighted by Gasteiger charge is 2.20. The number of thiazole rings is 1. The number of rotatable bonds is 7. The lowest BCUT2D eigenvalue weighted by atomic mass is 10.2. The molecule has 11 nitrogen and oxygen atoms in total. The molecular formula is C18H16N4O7S2. The number of non-ortho nitro benzene ring substituents is 1. The first kappa shape index (κ1) is 22.1. The molecular weight excluding hydrogens is 448 g/mol. The van der Waals surface area contributed by atoms with Crippen LogP contribution in [0.4, 0.5) is 10.8 Å². The Hall–Kier alpha value is -3.58. The van der Waals surface area contributed by atoms with Crippen LogP contribution in [0, 0.1) is 10.1 Å². The van der Waals surface area contributed by atoms with E-state index in [1.807, 2.05) is 0 Å². The molecule has 162 valence electrons. The molecule has 0 radical (unpaired) electrons. The molecule has 0 saturated heterocycles. The number of carbonyl (C=O) groups is 2. The molecule has 0 aliphatic carbocycles. The van der Waals surface area contributed by atoms with Crippen molar-refractivity contribution >= 4 is 43.8 Å². The number of nitro benzene ring substituents is 1. The number of anilines is 1. The zero-order valence-corrected chi connectivity index (χ0v) is 17.9. The predicted molar refractivity (Wildman–Crippen MR) is 111 cm³/mol. The molecule has 2 aromatic heterocycles. The fourth-order valence-corrected chi connectivity index (χ4v) is 3.84. The Morgan fingerprint density at radius 3 is 2.65 bits per heavy atom. The molecule has 0 spiro atoms. The fourth-order valence-electron chi connectivity index (χ4n) is 2.47. The summed E-state index contributed by atoms with van der Waals surface area (Å²) < 4.78 is 29.2. The molecule has 2 amide bonds. The van der Waals surface area contributed by atoms with Crippen LogP contribution in [0.5, 0.6) is 0 Å². The molecule has 3 rings (SSSR count). The average molecular weight is 464 g/mol. The van der Waals surface area contributed by atoms with Crippen LogP contribution in [0.2, 0.25) is 0 Å². The maximum atomic E-state index is 12.5. The van der Waals surface area contributed by atoms with Crippen LogP contribution in [-0.2, 0) is 21.2 Å². The molecule has 0 saturated carbocycles. The van der Waals surface area contributed by atoms with E-state index in [1.54, 1.807) is 17.5 Å². The second-order valence-corrected chi connectivity index (χ2v) is 9.29. The number of hydrogen-bond acceptors (Lipinski definition) is 9. The molecule has 13 heteroatoms. The van der Waals surface area contributed by atoms with E-state index in [-0.39, 0.29) is 28.0 Å². The van der Waals surface area contributed by atoms with E-state index in [9.17, 15) is 28.1 Å². The summed E-state index contributed by atoms with van der Waals surface area (Å²) in [6.07, 6.45) is 0.893. The zero-order chi connectivity index (χ0) is 22.8. The van der Waals surface area contributed by atoms with Crippen LogP contribution >= 0.6 is 11.3 Å². The van der Waals surface area contributed by atoms with Gasteiger partial charge in [-0.1, -0.05) is 0 Å². The minimum atomic E-state index is -3.76. The van der Waals surface area contributed by atoms with Crippen molar-refractivity contribution in [3.05, 3.63) is 57.1 Å². The first-order valence-corrected chi connectivity index (χ1v) is 11.4. The van der Waals surface area contributed by atoms with E-state index in [0.717, 1.165) is 35.8 Å². The first-order valence-electron chi connectivity index (χ1n) is 8.63. The summed E-state index contributed by atoms with van der Waals surface area (Å²) in [5.41, 5.74) is -0.276. The third-order valence-electron chi connectivity index (χ3n) is 3.94. The van der Waals surface area contributed by atoms with Gasteiger partial charge in [-0.3, -0.25) is 25.0 Å². The van der Waals surface area contributed by atoms with Crippen LogP contribution < -0.4 is 10.6 Å². The van der Waals surface area contributed by atoms with Crippen LogP contribution in [0.1, 0.15) is 23.0 Å². The van der Waals surface area contributed by atoms with Gasteiger partial charge in [0.15, 0.2) is 20.7 Å². The number of sulfone groups is 1. The van der Waals surface area contributed by atoms with Gasteiger partial charge in [0.25, 0.3) is 11.6 Å². The summed E-state index contributed by atoms with van der Waals surface area (Å²) in [7, 11) is -3.76. The molecule has 3 aromatic rings. The maximum Gasteiger partial charge on any atom is 0.271 e. The number of nitrogens with zero attached hydrogens (tertiary/aromatic N) is 2. The molecule has 2 N–H and O–H groups in total.